The number of alkyl halides is 3. The molecule has 0 aromatic heterocycles. The Kier molecular flexibility index (Phi) is 6.22. The van der Waals surface area contributed by atoms with Gasteiger partial charge >= 0.3 is 6.18 Å². The molecule has 0 spiro atoms. The molecule has 124 valence electrons. The predicted molar refractivity (Wildman–Crippen MR) is 77.4 cm³/mol. The van der Waals surface area contributed by atoms with Crippen LogP contribution in [0, 0.1) is 5.92 Å². The van der Waals surface area contributed by atoms with Gasteiger partial charge in [0.25, 0.3) is 0 Å². The molecule has 0 heterocycles. The summed E-state index contributed by atoms with van der Waals surface area (Å²) >= 11 is 0. The lowest BCUT2D eigenvalue weighted by molar-refractivity contribution is -0.153. The first-order valence-electron chi connectivity index (χ1n) is 6.95. The SMILES string of the molecule is CC(NC(=O)[C@@H](N)C(C)C)c1ccc(OCC(F)(F)F)cc1. The minimum absolute atomic E-state index is 0.0188. The van der Waals surface area contributed by atoms with E-state index in [1.54, 1.807) is 19.1 Å². The average Bonchev–Trinajstić information content (AvgIpc) is 2.43. The number of carbonyl (C=O) groups excluding carboxylic acids is 1. The highest BCUT2D eigenvalue weighted by Crippen LogP contribution is 2.21. The van der Waals surface area contributed by atoms with Crippen molar-refractivity contribution in [2.75, 3.05) is 6.61 Å². The molecule has 2 atom stereocenters. The maximum Gasteiger partial charge on any atom is 0.422 e. The number of benzene rings is 1. The van der Waals surface area contributed by atoms with E-state index in [9.17, 15) is 18.0 Å². The van der Waals surface area contributed by atoms with E-state index in [-0.39, 0.29) is 23.6 Å². The Balaban J connectivity index is 2.60. The molecule has 0 fully saturated rings. The molecule has 0 aliphatic carbocycles. The number of amides is 1. The van der Waals surface area contributed by atoms with Crippen LogP contribution in [0.4, 0.5) is 13.2 Å². The third kappa shape index (κ3) is 5.93. The van der Waals surface area contributed by atoms with Gasteiger partial charge in [-0.1, -0.05) is 26.0 Å². The summed E-state index contributed by atoms with van der Waals surface area (Å²) in [5, 5.41) is 2.77. The third-order valence-corrected chi connectivity index (χ3v) is 3.16. The highest BCUT2D eigenvalue weighted by atomic mass is 19.4. The maximum atomic E-state index is 12.0. The molecule has 0 saturated heterocycles. The summed E-state index contributed by atoms with van der Waals surface area (Å²) in [6.07, 6.45) is -4.37. The Labute approximate surface area is 127 Å². The molecular formula is C15H21F3N2O2. The van der Waals surface area contributed by atoms with Gasteiger partial charge in [-0.3, -0.25) is 4.79 Å². The molecule has 1 amide bonds. The van der Waals surface area contributed by atoms with E-state index in [2.05, 4.69) is 10.1 Å². The van der Waals surface area contributed by atoms with E-state index in [0.29, 0.717) is 0 Å². The average molecular weight is 318 g/mol. The van der Waals surface area contributed by atoms with Gasteiger partial charge < -0.3 is 15.8 Å². The van der Waals surface area contributed by atoms with Crippen LogP contribution in [0.2, 0.25) is 0 Å². The molecule has 0 saturated carbocycles. The standard InChI is InChI=1S/C15H21F3N2O2/c1-9(2)13(19)14(21)20-10(3)11-4-6-12(7-5-11)22-8-15(16,17)18/h4-7,9-10,13H,8,19H2,1-3H3,(H,20,21)/t10?,13-/m0/s1. The van der Waals surface area contributed by atoms with Crippen molar-refractivity contribution < 1.29 is 22.7 Å². The first kappa shape index (κ1) is 18.3. The monoisotopic (exact) mass is 318 g/mol. The molecule has 4 nitrogen and oxygen atoms in total. The third-order valence-electron chi connectivity index (χ3n) is 3.16. The van der Waals surface area contributed by atoms with Crippen molar-refractivity contribution in [1.29, 1.82) is 0 Å². The summed E-state index contributed by atoms with van der Waals surface area (Å²) in [6.45, 7) is 4.14. The topological polar surface area (TPSA) is 64.4 Å². The molecule has 1 rings (SSSR count). The predicted octanol–water partition coefficient (Wildman–Crippen LogP) is 2.79. The van der Waals surface area contributed by atoms with Gasteiger partial charge in [0, 0.05) is 0 Å². The second-order valence-corrected chi connectivity index (χ2v) is 5.47. The van der Waals surface area contributed by atoms with E-state index in [0.717, 1.165) is 5.56 Å². The molecule has 7 heteroatoms. The lowest BCUT2D eigenvalue weighted by Crippen LogP contribution is -2.44. The molecule has 0 aliphatic rings. The zero-order valence-corrected chi connectivity index (χ0v) is 12.8. The van der Waals surface area contributed by atoms with Crippen molar-refractivity contribution in [2.45, 2.75) is 39.0 Å². The molecule has 0 bridgehead atoms. The number of rotatable bonds is 6. The normalized spacial score (nSPS) is 14.5. The lowest BCUT2D eigenvalue weighted by atomic mass is 10.0. The zero-order chi connectivity index (χ0) is 16.9. The van der Waals surface area contributed by atoms with Gasteiger partial charge in [-0.2, -0.15) is 13.2 Å². The van der Waals surface area contributed by atoms with Gasteiger partial charge in [0.15, 0.2) is 6.61 Å². The first-order valence-corrected chi connectivity index (χ1v) is 6.95. The fourth-order valence-electron chi connectivity index (χ4n) is 1.71. The number of hydrogen-bond acceptors (Lipinski definition) is 3. The van der Waals surface area contributed by atoms with Crippen LogP contribution in [0.5, 0.6) is 5.75 Å². The molecule has 1 unspecified atom stereocenters. The molecule has 1 aromatic rings. The van der Waals surface area contributed by atoms with Gasteiger partial charge in [-0.15, -0.1) is 0 Å². The van der Waals surface area contributed by atoms with Gasteiger partial charge in [-0.25, -0.2) is 0 Å². The van der Waals surface area contributed by atoms with Crippen LogP contribution in [-0.2, 0) is 4.79 Å². The van der Waals surface area contributed by atoms with Gasteiger partial charge in [0.2, 0.25) is 5.91 Å². The van der Waals surface area contributed by atoms with E-state index in [1.165, 1.54) is 12.1 Å². The zero-order valence-electron chi connectivity index (χ0n) is 12.8. The minimum atomic E-state index is -4.37. The number of nitrogens with one attached hydrogen (secondary N) is 1. The summed E-state index contributed by atoms with van der Waals surface area (Å²) in [7, 11) is 0. The van der Waals surface area contributed by atoms with Gasteiger partial charge in [-0.05, 0) is 30.5 Å². The summed E-state index contributed by atoms with van der Waals surface area (Å²) in [5.74, 6) is -0.122. The Morgan fingerprint density at radius 2 is 1.77 bits per heavy atom. The second-order valence-electron chi connectivity index (χ2n) is 5.47. The Morgan fingerprint density at radius 1 is 1.23 bits per heavy atom. The van der Waals surface area contributed by atoms with Gasteiger partial charge in [0.1, 0.15) is 5.75 Å². The summed E-state index contributed by atoms with van der Waals surface area (Å²) in [4.78, 5) is 11.9. The number of halogens is 3. The fraction of sp³-hybridized carbons (Fsp3) is 0.533. The highest BCUT2D eigenvalue weighted by Gasteiger charge is 2.28. The minimum Gasteiger partial charge on any atom is -0.484 e. The van der Waals surface area contributed by atoms with Gasteiger partial charge in [0.05, 0.1) is 12.1 Å². The maximum absolute atomic E-state index is 12.0. The molecule has 3 N–H and O–H groups in total. The van der Waals surface area contributed by atoms with Crippen molar-refractivity contribution in [3.05, 3.63) is 29.8 Å². The van der Waals surface area contributed by atoms with E-state index in [1.807, 2.05) is 13.8 Å². The van der Waals surface area contributed by atoms with Crippen molar-refractivity contribution in [3.8, 4) is 5.75 Å². The number of nitrogens with two attached hydrogens (primary N) is 1. The van der Waals surface area contributed by atoms with E-state index < -0.39 is 18.8 Å². The van der Waals surface area contributed by atoms with E-state index >= 15 is 0 Å². The molecule has 0 radical (unpaired) electrons. The van der Waals surface area contributed by atoms with Crippen LogP contribution in [0.1, 0.15) is 32.4 Å². The number of ether oxygens (including phenoxy) is 1. The first-order chi connectivity index (χ1) is 10.1. The highest BCUT2D eigenvalue weighted by molar-refractivity contribution is 5.82. The second kappa shape index (κ2) is 7.49. The lowest BCUT2D eigenvalue weighted by Gasteiger charge is -2.20. The van der Waals surface area contributed by atoms with Crippen molar-refractivity contribution >= 4 is 5.91 Å². The van der Waals surface area contributed by atoms with Crippen LogP contribution in [0.3, 0.4) is 0 Å². The fourth-order valence-corrected chi connectivity index (χ4v) is 1.71. The molecule has 1 aromatic carbocycles. The molecular weight excluding hydrogens is 297 g/mol. The Hall–Kier alpha value is -1.76. The summed E-state index contributed by atoms with van der Waals surface area (Å²) in [6, 6.07) is 5.19. The Bertz CT molecular complexity index is 487. The summed E-state index contributed by atoms with van der Waals surface area (Å²) < 4.78 is 40.8. The van der Waals surface area contributed by atoms with Crippen LogP contribution in [-0.4, -0.2) is 24.7 Å². The number of carbonyl (C=O) groups is 1. The van der Waals surface area contributed by atoms with E-state index in [4.69, 9.17) is 5.73 Å². The Morgan fingerprint density at radius 3 is 2.23 bits per heavy atom. The van der Waals surface area contributed by atoms with Crippen LogP contribution >= 0.6 is 0 Å². The quantitative estimate of drug-likeness (QED) is 0.848. The van der Waals surface area contributed by atoms with Crippen molar-refractivity contribution in [2.24, 2.45) is 11.7 Å². The number of hydrogen-bond donors (Lipinski definition) is 2. The van der Waals surface area contributed by atoms with Crippen molar-refractivity contribution in [3.63, 3.8) is 0 Å². The van der Waals surface area contributed by atoms with Crippen LogP contribution < -0.4 is 15.8 Å². The van der Waals surface area contributed by atoms with Crippen LogP contribution in [0.25, 0.3) is 0 Å². The molecule has 22 heavy (non-hydrogen) atoms. The largest absolute Gasteiger partial charge is 0.484 e. The summed E-state index contributed by atoms with van der Waals surface area (Å²) in [5.41, 5.74) is 6.51. The van der Waals surface area contributed by atoms with Crippen LogP contribution in [0.15, 0.2) is 24.3 Å². The molecule has 0 aliphatic heterocycles. The van der Waals surface area contributed by atoms with Crippen molar-refractivity contribution in [1.82, 2.24) is 5.32 Å². The smallest absolute Gasteiger partial charge is 0.422 e.